The van der Waals surface area contributed by atoms with Gasteiger partial charge >= 0.3 is 5.97 Å². The zero-order valence-electron chi connectivity index (χ0n) is 16.8. The maximum atomic E-state index is 12.6. The van der Waals surface area contributed by atoms with Crippen LogP contribution < -0.4 is 5.32 Å². The summed E-state index contributed by atoms with van der Waals surface area (Å²) in [4.78, 5) is 25.1. The SMILES string of the molecule is CCS(=O)(=O)c1ccc(C(=O)NCc2nn3c(c2C(=O)OC)CCCC3)cc1C. The molecule has 9 heteroatoms. The van der Waals surface area contributed by atoms with E-state index in [2.05, 4.69) is 10.4 Å². The molecule has 0 spiro atoms. The minimum absolute atomic E-state index is 0.000675. The van der Waals surface area contributed by atoms with Gasteiger partial charge in [-0.05, 0) is 49.9 Å². The van der Waals surface area contributed by atoms with Crippen LogP contribution in [-0.2, 0) is 34.1 Å². The Morgan fingerprint density at radius 1 is 1.28 bits per heavy atom. The predicted octanol–water partition coefficient (Wildman–Crippen LogP) is 2.04. The summed E-state index contributed by atoms with van der Waals surface area (Å²) in [6.07, 6.45) is 2.72. The number of fused-ring (bicyclic) bond motifs is 1. The highest BCUT2D eigenvalue weighted by Crippen LogP contribution is 2.23. The Balaban J connectivity index is 1.80. The molecule has 1 aromatic carbocycles. The number of carbonyl (C=O) groups is 2. The van der Waals surface area contributed by atoms with Gasteiger partial charge in [0.25, 0.3) is 5.91 Å². The van der Waals surface area contributed by atoms with Crippen molar-refractivity contribution in [1.29, 1.82) is 0 Å². The smallest absolute Gasteiger partial charge is 0.341 e. The van der Waals surface area contributed by atoms with Crippen molar-refractivity contribution in [3.63, 3.8) is 0 Å². The van der Waals surface area contributed by atoms with Gasteiger partial charge in [-0.2, -0.15) is 5.10 Å². The molecule has 1 amide bonds. The Bertz CT molecular complexity index is 1060. The van der Waals surface area contributed by atoms with Crippen LogP contribution in [0, 0.1) is 6.92 Å². The van der Waals surface area contributed by atoms with Crippen LogP contribution in [0.3, 0.4) is 0 Å². The Hall–Kier alpha value is -2.68. The number of carbonyl (C=O) groups excluding carboxylic acids is 2. The second-order valence-electron chi connectivity index (χ2n) is 7.01. The third kappa shape index (κ3) is 4.19. The van der Waals surface area contributed by atoms with E-state index in [1.54, 1.807) is 19.9 Å². The zero-order chi connectivity index (χ0) is 21.2. The average molecular weight is 420 g/mol. The minimum Gasteiger partial charge on any atom is -0.465 e. The highest BCUT2D eigenvalue weighted by molar-refractivity contribution is 7.91. The number of hydrogen-bond acceptors (Lipinski definition) is 6. The van der Waals surface area contributed by atoms with Gasteiger partial charge in [-0.1, -0.05) is 6.92 Å². The normalized spacial score (nSPS) is 13.6. The van der Waals surface area contributed by atoms with Crippen molar-refractivity contribution in [1.82, 2.24) is 15.1 Å². The van der Waals surface area contributed by atoms with Crippen LogP contribution in [0.15, 0.2) is 23.1 Å². The number of nitrogens with zero attached hydrogens (tertiary/aromatic N) is 2. The topological polar surface area (TPSA) is 107 Å². The molecule has 0 aliphatic carbocycles. The summed E-state index contributed by atoms with van der Waals surface area (Å²) in [7, 11) is -2.02. The van der Waals surface area contributed by atoms with Gasteiger partial charge in [-0.25, -0.2) is 13.2 Å². The third-order valence-corrected chi connectivity index (χ3v) is 7.01. The van der Waals surface area contributed by atoms with Crippen molar-refractivity contribution in [2.45, 2.75) is 51.1 Å². The maximum absolute atomic E-state index is 12.6. The molecule has 1 aliphatic rings. The van der Waals surface area contributed by atoms with Crippen molar-refractivity contribution in [3.05, 3.63) is 46.3 Å². The first-order valence-electron chi connectivity index (χ1n) is 9.57. The predicted molar refractivity (Wildman–Crippen MR) is 107 cm³/mol. The molecule has 0 radical (unpaired) electrons. The average Bonchev–Trinajstić information content (AvgIpc) is 3.09. The molecule has 0 bridgehead atoms. The summed E-state index contributed by atoms with van der Waals surface area (Å²) < 4.78 is 30.9. The van der Waals surface area contributed by atoms with E-state index in [1.165, 1.54) is 19.2 Å². The van der Waals surface area contributed by atoms with Gasteiger partial charge in [0.05, 0.1) is 35.7 Å². The fourth-order valence-corrected chi connectivity index (χ4v) is 4.70. The lowest BCUT2D eigenvalue weighted by molar-refractivity contribution is 0.0597. The molecular weight excluding hydrogens is 394 g/mol. The Morgan fingerprint density at radius 3 is 2.69 bits per heavy atom. The highest BCUT2D eigenvalue weighted by Gasteiger charge is 2.26. The highest BCUT2D eigenvalue weighted by atomic mass is 32.2. The van der Waals surface area contributed by atoms with Gasteiger partial charge in [-0.3, -0.25) is 9.48 Å². The summed E-state index contributed by atoms with van der Waals surface area (Å²) >= 11 is 0. The molecule has 2 aromatic rings. The Labute approximate surface area is 170 Å². The Morgan fingerprint density at radius 2 is 2.03 bits per heavy atom. The van der Waals surface area contributed by atoms with E-state index >= 15 is 0 Å². The molecule has 2 heterocycles. The number of sulfone groups is 1. The van der Waals surface area contributed by atoms with Crippen molar-refractivity contribution in [2.75, 3.05) is 12.9 Å². The van der Waals surface area contributed by atoms with E-state index in [-0.39, 0.29) is 23.1 Å². The first-order chi connectivity index (χ1) is 13.8. The number of ether oxygens (including phenoxy) is 1. The van der Waals surface area contributed by atoms with E-state index < -0.39 is 15.8 Å². The van der Waals surface area contributed by atoms with Crippen LogP contribution in [0.25, 0.3) is 0 Å². The number of esters is 1. The molecule has 0 fully saturated rings. The summed E-state index contributed by atoms with van der Waals surface area (Å²) in [6.45, 7) is 4.06. The minimum atomic E-state index is -3.34. The summed E-state index contributed by atoms with van der Waals surface area (Å²) in [5.41, 5.74) is 2.61. The number of benzene rings is 1. The number of hydrogen-bond donors (Lipinski definition) is 1. The molecule has 0 saturated heterocycles. The van der Waals surface area contributed by atoms with Crippen LogP contribution in [0.1, 0.15) is 57.4 Å². The lowest BCUT2D eigenvalue weighted by Gasteiger charge is -2.13. The standard InChI is InChI=1S/C20H25N3O5S/c1-4-29(26,27)17-9-8-14(11-13(17)2)19(24)21-12-15-18(20(25)28-3)16-7-5-6-10-23(16)22-15/h8-9,11H,4-7,10,12H2,1-3H3,(H,21,24). The van der Waals surface area contributed by atoms with Gasteiger partial charge in [0, 0.05) is 12.1 Å². The van der Waals surface area contributed by atoms with Crippen LogP contribution in [0.2, 0.25) is 0 Å². The largest absolute Gasteiger partial charge is 0.465 e. The fourth-order valence-electron chi connectivity index (χ4n) is 3.57. The molecule has 3 rings (SSSR count). The number of aryl methyl sites for hydroxylation is 2. The van der Waals surface area contributed by atoms with Crippen LogP contribution in [0.5, 0.6) is 0 Å². The molecule has 0 atom stereocenters. The third-order valence-electron chi connectivity index (χ3n) is 5.12. The molecule has 1 aromatic heterocycles. The van der Waals surface area contributed by atoms with E-state index in [0.717, 1.165) is 31.5 Å². The number of aromatic nitrogens is 2. The monoisotopic (exact) mass is 419 g/mol. The summed E-state index contributed by atoms with van der Waals surface area (Å²) in [6, 6.07) is 4.50. The fraction of sp³-hybridized carbons (Fsp3) is 0.450. The number of amides is 1. The van der Waals surface area contributed by atoms with Gasteiger partial charge in [0.1, 0.15) is 5.56 Å². The molecule has 0 unspecified atom stereocenters. The summed E-state index contributed by atoms with van der Waals surface area (Å²) in [5.74, 6) is -0.821. The number of rotatable bonds is 6. The Kier molecular flexibility index (Phi) is 6.07. The van der Waals surface area contributed by atoms with Crippen molar-refractivity contribution >= 4 is 21.7 Å². The molecule has 156 valence electrons. The molecular formula is C20H25N3O5S. The number of nitrogens with one attached hydrogen (secondary N) is 1. The molecule has 0 saturated carbocycles. The quantitative estimate of drug-likeness (QED) is 0.718. The van der Waals surface area contributed by atoms with Gasteiger partial charge < -0.3 is 10.1 Å². The molecule has 29 heavy (non-hydrogen) atoms. The van der Waals surface area contributed by atoms with Crippen LogP contribution >= 0.6 is 0 Å². The van der Waals surface area contributed by atoms with E-state index in [1.807, 2.05) is 4.68 Å². The lowest BCUT2D eigenvalue weighted by atomic mass is 10.0. The molecule has 1 aliphatic heterocycles. The van der Waals surface area contributed by atoms with Crippen LogP contribution in [-0.4, -0.2) is 42.9 Å². The summed E-state index contributed by atoms with van der Waals surface area (Å²) in [5, 5.41) is 7.25. The van der Waals surface area contributed by atoms with E-state index in [4.69, 9.17) is 4.74 Å². The van der Waals surface area contributed by atoms with Gasteiger partial charge in [0.15, 0.2) is 9.84 Å². The van der Waals surface area contributed by atoms with Crippen molar-refractivity contribution in [2.24, 2.45) is 0 Å². The second-order valence-corrected chi connectivity index (χ2v) is 9.25. The van der Waals surface area contributed by atoms with Crippen LogP contribution in [0.4, 0.5) is 0 Å². The van der Waals surface area contributed by atoms with Gasteiger partial charge in [-0.15, -0.1) is 0 Å². The molecule has 8 nitrogen and oxygen atoms in total. The maximum Gasteiger partial charge on any atom is 0.341 e. The second kappa shape index (κ2) is 8.36. The van der Waals surface area contributed by atoms with Crippen molar-refractivity contribution in [3.8, 4) is 0 Å². The zero-order valence-corrected chi connectivity index (χ0v) is 17.6. The first-order valence-corrected chi connectivity index (χ1v) is 11.2. The number of methoxy groups -OCH3 is 1. The van der Waals surface area contributed by atoms with Gasteiger partial charge in [0.2, 0.25) is 0 Å². The van der Waals surface area contributed by atoms with E-state index in [9.17, 15) is 18.0 Å². The van der Waals surface area contributed by atoms with E-state index in [0.29, 0.717) is 22.4 Å². The lowest BCUT2D eigenvalue weighted by Crippen LogP contribution is -2.24. The first kappa shape index (κ1) is 21.0. The molecule has 1 N–H and O–H groups in total. The van der Waals surface area contributed by atoms with Crippen molar-refractivity contribution < 1.29 is 22.7 Å².